The molecule has 0 spiro atoms. The van der Waals surface area contributed by atoms with Crippen molar-refractivity contribution in [3.63, 3.8) is 0 Å². The van der Waals surface area contributed by atoms with Gasteiger partial charge in [-0.15, -0.1) is 0 Å². The van der Waals surface area contributed by atoms with E-state index < -0.39 is 11.6 Å². The van der Waals surface area contributed by atoms with Crippen LogP contribution in [0.2, 0.25) is 0 Å². The standard InChI is InChI=1S/C24H26F2N8/c1-13(2)34-14(3)29-23-17(25)8-16(9-20(23)34)22-18(26)10-28-24(32-22)31-21-5-4-15-11-33(12-27)7-6-19(15)30-21/h4-5,8-10,13H,6-7,11-12,27H2,1-3H3,(H,28,30,31,32). The van der Waals surface area contributed by atoms with Crippen LogP contribution in [-0.2, 0) is 13.0 Å². The third kappa shape index (κ3) is 3.99. The summed E-state index contributed by atoms with van der Waals surface area (Å²) >= 11 is 0. The van der Waals surface area contributed by atoms with E-state index in [1.165, 1.54) is 6.07 Å². The summed E-state index contributed by atoms with van der Waals surface area (Å²) in [5.41, 5.74) is 9.04. The highest BCUT2D eigenvalue weighted by atomic mass is 19.1. The number of nitrogens with zero attached hydrogens (tertiary/aromatic N) is 6. The molecule has 5 rings (SSSR count). The Balaban J connectivity index is 1.49. The third-order valence-electron chi connectivity index (χ3n) is 6.08. The number of rotatable bonds is 5. The number of fused-ring (bicyclic) bond motifs is 2. The first-order valence-corrected chi connectivity index (χ1v) is 11.2. The van der Waals surface area contributed by atoms with Crippen molar-refractivity contribution in [3.8, 4) is 11.3 Å². The number of nitrogens with two attached hydrogens (primary N) is 1. The zero-order valence-electron chi connectivity index (χ0n) is 19.3. The van der Waals surface area contributed by atoms with Crippen LogP contribution in [0.4, 0.5) is 20.5 Å². The fraction of sp³-hybridized carbons (Fsp3) is 0.333. The van der Waals surface area contributed by atoms with E-state index in [1.54, 1.807) is 6.07 Å². The Kier molecular flexibility index (Phi) is 5.70. The number of aromatic nitrogens is 5. The molecule has 0 unspecified atom stereocenters. The van der Waals surface area contributed by atoms with E-state index in [2.05, 4.69) is 30.2 Å². The number of anilines is 2. The van der Waals surface area contributed by atoms with E-state index in [9.17, 15) is 8.78 Å². The molecule has 0 saturated heterocycles. The molecular formula is C24H26F2N8. The second-order valence-corrected chi connectivity index (χ2v) is 8.75. The molecule has 0 radical (unpaired) electrons. The number of aryl methyl sites for hydroxylation is 1. The van der Waals surface area contributed by atoms with Crippen molar-refractivity contribution < 1.29 is 8.78 Å². The first kappa shape index (κ1) is 22.3. The Morgan fingerprint density at radius 2 is 1.94 bits per heavy atom. The highest BCUT2D eigenvalue weighted by Crippen LogP contribution is 2.30. The molecule has 10 heteroatoms. The van der Waals surface area contributed by atoms with Crippen molar-refractivity contribution in [2.24, 2.45) is 5.73 Å². The van der Waals surface area contributed by atoms with Gasteiger partial charge in [-0.25, -0.2) is 28.7 Å². The average Bonchev–Trinajstić information content (AvgIpc) is 3.16. The normalized spacial score (nSPS) is 14.1. The van der Waals surface area contributed by atoms with Gasteiger partial charge in [0.2, 0.25) is 5.95 Å². The maximum absolute atomic E-state index is 14.9. The number of pyridine rings is 1. The van der Waals surface area contributed by atoms with Gasteiger partial charge in [0.15, 0.2) is 11.6 Å². The van der Waals surface area contributed by atoms with Gasteiger partial charge in [-0.05, 0) is 44.5 Å². The summed E-state index contributed by atoms with van der Waals surface area (Å²) in [5.74, 6) is 0.270. The second kappa shape index (κ2) is 8.69. The van der Waals surface area contributed by atoms with Crippen LogP contribution in [-0.4, -0.2) is 42.6 Å². The molecule has 0 atom stereocenters. The largest absolute Gasteiger partial charge is 0.326 e. The first-order valence-electron chi connectivity index (χ1n) is 11.2. The van der Waals surface area contributed by atoms with E-state index in [0.717, 1.165) is 37.0 Å². The highest BCUT2D eigenvalue weighted by molar-refractivity contribution is 5.83. The zero-order valence-corrected chi connectivity index (χ0v) is 19.3. The second-order valence-electron chi connectivity index (χ2n) is 8.75. The van der Waals surface area contributed by atoms with E-state index in [1.807, 2.05) is 37.5 Å². The minimum Gasteiger partial charge on any atom is -0.326 e. The lowest BCUT2D eigenvalue weighted by molar-refractivity contribution is 0.259. The maximum atomic E-state index is 14.9. The smallest absolute Gasteiger partial charge is 0.229 e. The van der Waals surface area contributed by atoms with Crippen molar-refractivity contribution in [2.45, 2.75) is 39.8 Å². The predicted molar refractivity (Wildman–Crippen MR) is 126 cm³/mol. The van der Waals surface area contributed by atoms with Crippen molar-refractivity contribution in [2.75, 3.05) is 18.5 Å². The number of nitrogens with one attached hydrogen (secondary N) is 1. The summed E-state index contributed by atoms with van der Waals surface area (Å²) in [6.07, 6.45) is 1.87. The van der Waals surface area contributed by atoms with Gasteiger partial charge in [0.1, 0.15) is 22.9 Å². The van der Waals surface area contributed by atoms with Gasteiger partial charge in [0.25, 0.3) is 0 Å². The van der Waals surface area contributed by atoms with Crippen molar-refractivity contribution in [1.82, 2.24) is 29.4 Å². The van der Waals surface area contributed by atoms with Gasteiger partial charge in [-0.1, -0.05) is 6.07 Å². The number of benzene rings is 1. The fourth-order valence-electron chi connectivity index (χ4n) is 4.50. The lowest BCUT2D eigenvalue weighted by Crippen LogP contribution is -2.35. The summed E-state index contributed by atoms with van der Waals surface area (Å²) in [6.45, 7) is 7.92. The average molecular weight is 465 g/mol. The molecular weight excluding hydrogens is 438 g/mol. The van der Waals surface area contributed by atoms with Gasteiger partial charge in [-0.3, -0.25) is 4.90 Å². The van der Waals surface area contributed by atoms with Gasteiger partial charge >= 0.3 is 0 Å². The quantitative estimate of drug-likeness (QED) is 0.459. The summed E-state index contributed by atoms with van der Waals surface area (Å²) in [6, 6.07) is 6.87. The van der Waals surface area contributed by atoms with Gasteiger partial charge in [0, 0.05) is 43.5 Å². The molecule has 8 nitrogen and oxygen atoms in total. The minimum absolute atomic E-state index is 0.00371. The Morgan fingerprint density at radius 3 is 2.71 bits per heavy atom. The molecule has 0 amide bonds. The molecule has 3 aromatic heterocycles. The molecule has 0 fully saturated rings. The lowest BCUT2D eigenvalue weighted by atomic mass is 10.1. The van der Waals surface area contributed by atoms with Crippen LogP contribution in [0.5, 0.6) is 0 Å². The summed E-state index contributed by atoms with van der Waals surface area (Å²) < 4.78 is 31.6. The molecule has 1 aliphatic rings. The van der Waals surface area contributed by atoms with Gasteiger partial charge in [0.05, 0.1) is 11.7 Å². The lowest BCUT2D eigenvalue weighted by Gasteiger charge is -2.26. The van der Waals surface area contributed by atoms with Crippen LogP contribution >= 0.6 is 0 Å². The topological polar surface area (TPSA) is 97.8 Å². The molecule has 0 saturated carbocycles. The fourth-order valence-corrected chi connectivity index (χ4v) is 4.50. The molecule has 0 bridgehead atoms. The minimum atomic E-state index is -0.642. The summed E-state index contributed by atoms with van der Waals surface area (Å²) in [7, 11) is 0. The third-order valence-corrected chi connectivity index (χ3v) is 6.08. The van der Waals surface area contributed by atoms with Crippen molar-refractivity contribution in [3.05, 3.63) is 59.2 Å². The monoisotopic (exact) mass is 464 g/mol. The Bertz CT molecular complexity index is 1380. The van der Waals surface area contributed by atoms with Crippen LogP contribution in [0.15, 0.2) is 30.5 Å². The Hall–Kier alpha value is -3.50. The first-order chi connectivity index (χ1) is 16.3. The van der Waals surface area contributed by atoms with Crippen molar-refractivity contribution in [1.29, 1.82) is 0 Å². The van der Waals surface area contributed by atoms with Crippen LogP contribution in [0.1, 0.15) is 37.0 Å². The number of imidazole rings is 1. The van der Waals surface area contributed by atoms with Crippen LogP contribution < -0.4 is 11.1 Å². The molecule has 176 valence electrons. The molecule has 4 aromatic rings. The Morgan fingerprint density at radius 1 is 1.12 bits per heavy atom. The Labute approximate surface area is 195 Å². The van der Waals surface area contributed by atoms with Crippen LogP contribution in [0, 0.1) is 18.6 Å². The van der Waals surface area contributed by atoms with E-state index in [4.69, 9.17) is 5.73 Å². The molecule has 3 N–H and O–H groups in total. The maximum Gasteiger partial charge on any atom is 0.229 e. The van der Waals surface area contributed by atoms with Crippen LogP contribution in [0.3, 0.4) is 0 Å². The molecule has 0 aliphatic carbocycles. The molecule has 34 heavy (non-hydrogen) atoms. The van der Waals surface area contributed by atoms with E-state index >= 15 is 0 Å². The number of hydrogen-bond acceptors (Lipinski definition) is 7. The van der Waals surface area contributed by atoms with Crippen LogP contribution in [0.25, 0.3) is 22.3 Å². The predicted octanol–water partition coefficient (Wildman–Crippen LogP) is 4.07. The van der Waals surface area contributed by atoms with Crippen molar-refractivity contribution >= 4 is 22.8 Å². The number of halogens is 2. The van der Waals surface area contributed by atoms with Gasteiger partial charge < -0.3 is 15.6 Å². The highest BCUT2D eigenvalue weighted by Gasteiger charge is 2.19. The molecule has 1 aromatic carbocycles. The SMILES string of the molecule is Cc1nc2c(F)cc(-c3nc(Nc4ccc5c(n4)CCN(CN)C5)ncc3F)cc2n1C(C)C. The van der Waals surface area contributed by atoms with Gasteiger partial charge in [-0.2, -0.15) is 0 Å². The van der Waals surface area contributed by atoms with E-state index in [0.29, 0.717) is 29.4 Å². The van der Waals surface area contributed by atoms with E-state index in [-0.39, 0.29) is 23.2 Å². The summed E-state index contributed by atoms with van der Waals surface area (Å²) in [5, 5.41) is 3.05. The number of hydrogen-bond donors (Lipinski definition) is 2. The zero-order chi connectivity index (χ0) is 24.0. The molecule has 1 aliphatic heterocycles. The summed E-state index contributed by atoms with van der Waals surface area (Å²) in [4.78, 5) is 19.6. The molecule has 4 heterocycles.